The standard InChI is InChI=1S/C14H10ClF2NS/c15-8-6-7-19-14(8)12-5-4-11(18-12)13-9(16)2-1-3-10(13)17/h1-3,6-7,12H,4-5H2. The first-order valence-electron chi connectivity index (χ1n) is 5.91. The maximum atomic E-state index is 13.7. The number of hydrogen-bond donors (Lipinski definition) is 0. The summed E-state index contributed by atoms with van der Waals surface area (Å²) < 4.78 is 27.4. The third-order valence-corrected chi connectivity index (χ3v) is 4.62. The van der Waals surface area contributed by atoms with E-state index in [-0.39, 0.29) is 11.6 Å². The summed E-state index contributed by atoms with van der Waals surface area (Å²) in [5.74, 6) is -1.12. The molecule has 2 heterocycles. The van der Waals surface area contributed by atoms with E-state index in [9.17, 15) is 8.78 Å². The van der Waals surface area contributed by atoms with Crippen molar-refractivity contribution in [3.63, 3.8) is 0 Å². The number of thiophene rings is 1. The van der Waals surface area contributed by atoms with Gasteiger partial charge in [0.2, 0.25) is 0 Å². The SMILES string of the molecule is Fc1cccc(F)c1C1=NC(c2sccc2Cl)CC1. The van der Waals surface area contributed by atoms with E-state index in [0.29, 0.717) is 17.2 Å². The van der Waals surface area contributed by atoms with Crippen LogP contribution >= 0.6 is 22.9 Å². The Morgan fingerprint density at radius 3 is 2.58 bits per heavy atom. The van der Waals surface area contributed by atoms with Crippen LogP contribution in [0.1, 0.15) is 29.3 Å². The Labute approximate surface area is 118 Å². The predicted octanol–water partition coefficient (Wildman–Crippen LogP) is 5.00. The second kappa shape index (κ2) is 5.02. The van der Waals surface area contributed by atoms with Crippen molar-refractivity contribution in [3.05, 3.63) is 56.7 Å². The van der Waals surface area contributed by atoms with Gasteiger partial charge in [0.15, 0.2) is 0 Å². The molecule has 1 aromatic carbocycles. The molecule has 1 nitrogen and oxygen atoms in total. The monoisotopic (exact) mass is 297 g/mol. The summed E-state index contributed by atoms with van der Waals surface area (Å²) in [4.78, 5) is 5.41. The van der Waals surface area contributed by atoms with E-state index in [1.807, 2.05) is 11.4 Å². The molecule has 0 amide bonds. The van der Waals surface area contributed by atoms with Crippen molar-refractivity contribution in [1.29, 1.82) is 0 Å². The summed E-state index contributed by atoms with van der Waals surface area (Å²) in [6.07, 6.45) is 1.31. The van der Waals surface area contributed by atoms with Crippen LogP contribution < -0.4 is 0 Å². The van der Waals surface area contributed by atoms with Crippen molar-refractivity contribution >= 4 is 28.6 Å². The van der Waals surface area contributed by atoms with Crippen LogP contribution in [0.3, 0.4) is 0 Å². The number of hydrogen-bond acceptors (Lipinski definition) is 2. The molecule has 0 N–H and O–H groups in total. The molecule has 0 saturated heterocycles. The molecular formula is C14H10ClF2NS. The second-order valence-electron chi connectivity index (χ2n) is 4.36. The number of halogens is 3. The largest absolute Gasteiger partial charge is 0.280 e. The minimum atomic E-state index is -0.559. The molecule has 0 radical (unpaired) electrons. The average Bonchev–Trinajstić information content (AvgIpc) is 2.98. The summed E-state index contributed by atoms with van der Waals surface area (Å²) in [6.45, 7) is 0. The van der Waals surface area contributed by atoms with Gasteiger partial charge in [0.25, 0.3) is 0 Å². The molecule has 0 aliphatic carbocycles. The van der Waals surface area contributed by atoms with Crippen LogP contribution in [0.4, 0.5) is 8.78 Å². The lowest BCUT2D eigenvalue weighted by molar-refractivity contribution is 0.578. The van der Waals surface area contributed by atoms with Gasteiger partial charge in [0, 0.05) is 10.6 Å². The van der Waals surface area contributed by atoms with Gasteiger partial charge in [-0.25, -0.2) is 8.78 Å². The summed E-state index contributed by atoms with van der Waals surface area (Å²) in [7, 11) is 0. The molecule has 1 aromatic heterocycles. The van der Waals surface area contributed by atoms with Gasteiger partial charge in [0.1, 0.15) is 11.6 Å². The lowest BCUT2D eigenvalue weighted by Gasteiger charge is -2.04. The van der Waals surface area contributed by atoms with Gasteiger partial charge in [-0.2, -0.15) is 0 Å². The van der Waals surface area contributed by atoms with Gasteiger partial charge in [-0.15, -0.1) is 11.3 Å². The van der Waals surface area contributed by atoms with E-state index in [1.54, 1.807) is 0 Å². The molecule has 1 aliphatic heterocycles. The van der Waals surface area contributed by atoms with Crippen molar-refractivity contribution in [2.45, 2.75) is 18.9 Å². The van der Waals surface area contributed by atoms with Gasteiger partial charge in [0.05, 0.1) is 16.6 Å². The maximum Gasteiger partial charge on any atom is 0.135 e. The third-order valence-electron chi connectivity index (χ3n) is 3.17. The van der Waals surface area contributed by atoms with E-state index in [2.05, 4.69) is 4.99 Å². The normalized spacial score (nSPS) is 18.7. The van der Waals surface area contributed by atoms with Crippen molar-refractivity contribution in [1.82, 2.24) is 0 Å². The fraction of sp³-hybridized carbons (Fsp3) is 0.214. The number of rotatable bonds is 2. The van der Waals surface area contributed by atoms with Crippen LogP contribution in [-0.2, 0) is 0 Å². The molecule has 5 heteroatoms. The Balaban J connectivity index is 1.98. The number of benzene rings is 1. The molecule has 2 aromatic rings. The summed E-state index contributed by atoms with van der Waals surface area (Å²) in [6, 6.07) is 5.61. The highest BCUT2D eigenvalue weighted by Gasteiger charge is 2.26. The van der Waals surface area contributed by atoms with Crippen LogP contribution in [0.2, 0.25) is 5.02 Å². The van der Waals surface area contributed by atoms with Crippen molar-refractivity contribution in [2.75, 3.05) is 0 Å². The first kappa shape index (κ1) is 12.8. The minimum absolute atomic E-state index is 0.00215. The molecule has 1 aliphatic rings. The molecule has 98 valence electrons. The van der Waals surface area contributed by atoms with Gasteiger partial charge < -0.3 is 0 Å². The van der Waals surface area contributed by atoms with E-state index in [1.165, 1.54) is 29.5 Å². The molecule has 0 spiro atoms. The Bertz CT molecular complexity index is 630. The topological polar surface area (TPSA) is 12.4 Å². The van der Waals surface area contributed by atoms with Crippen LogP contribution in [0.25, 0.3) is 0 Å². The maximum absolute atomic E-state index is 13.7. The van der Waals surface area contributed by atoms with E-state index < -0.39 is 11.6 Å². The molecule has 3 rings (SSSR count). The second-order valence-corrected chi connectivity index (χ2v) is 5.71. The van der Waals surface area contributed by atoms with Gasteiger partial charge in [-0.05, 0) is 36.4 Å². The highest BCUT2D eigenvalue weighted by molar-refractivity contribution is 7.10. The lowest BCUT2D eigenvalue weighted by Crippen LogP contribution is -2.03. The number of aliphatic imine (C=N–C) groups is 1. The molecule has 19 heavy (non-hydrogen) atoms. The van der Waals surface area contributed by atoms with Gasteiger partial charge in [-0.1, -0.05) is 17.7 Å². The minimum Gasteiger partial charge on any atom is -0.280 e. The molecule has 0 saturated carbocycles. The van der Waals surface area contributed by atoms with Crippen molar-refractivity contribution < 1.29 is 8.78 Å². The zero-order chi connectivity index (χ0) is 13.4. The fourth-order valence-corrected chi connectivity index (χ4v) is 3.54. The quantitative estimate of drug-likeness (QED) is 0.739. The molecule has 0 fully saturated rings. The van der Waals surface area contributed by atoms with Crippen molar-refractivity contribution in [2.24, 2.45) is 4.99 Å². The molecular weight excluding hydrogens is 288 g/mol. The molecule has 1 unspecified atom stereocenters. The van der Waals surface area contributed by atoms with Crippen LogP contribution in [0.5, 0.6) is 0 Å². The Kier molecular flexibility index (Phi) is 3.37. The van der Waals surface area contributed by atoms with E-state index in [0.717, 1.165) is 11.3 Å². The Morgan fingerprint density at radius 2 is 1.95 bits per heavy atom. The van der Waals surface area contributed by atoms with Crippen molar-refractivity contribution in [3.8, 4) is 0 Å². The predicted molar refractivity (Wildman–Crippen MR) is 74.2 cm³/mol. The fourth-order valence-electron chi connectivity index (χ4n) is 2.29. The first-order chi connectivity index (χ1) is 9.16. The third kappa shape index (κ3) is 2.30. The van der Waals surface area contributed by atoms with Crippen LogP contribution in [0, 0.1) is 11.6 Å². The van der Waals surface area contributed by atoms with Crippen LogP contribution in [-0.4, -0.2) is 5.71 Å². The van der Waals surface area contributed by atoms with Gasteiger partial charge in [-0.3, -0.25) is 4.99 Å². The molecule has 1 atom stereocenters. The number of nitrogens with zero attached hydrogens (tertiary/aromatic N) is 1. The zero-order valence-corrected chi connectivity index (χ0v) is 11.4. The zero-order valence-electron chi connectivity index (χ0n) is 9.87. The summed E-state index contributed by atoms with van der Waals surface area (Å²) in [5, 5.41) is 2.57. The summed E-state index contributed by atoms with van der Waals surface area (Å²) >= 11 is 7.60. The Hall–Kier alpha value is -1.26. The van der Waals surface area contributed by atoms with E-state index in [4.69, 9.17) is 11.6 Å². The van der Waals surface area contributed by atoms with Gasteiger partial charge >= 0.3 is 0 Å². The van der Waals surface area contributed by atoms with Crippen LogP contribution in [0.15, 0.2) is 34.6 Å². The molecule has 0 bridgehead atoms. The highest BCUT2D eigenvalue weighted by atomic mass is 35.5. The first-order valence-corrected chi connectivity index (χ1v) is 7.16. The summed E-state index contributed by atoms with van der Waals surface area (Å²) in [5.41, 5.74) is 0.489. The Morgan fingerprint density at radius 1 is 1.21 bits per heavy atom. The lowest BCUT2D eigenvalue weighted by atomic mass is 10.1. The highest BCUT2D eigenvalue weighted by Crippen LogP contribution is 2.38. The average molecular weight is 298 g/mol. The smallest absolute Gasteiger partial charge is 0.135 e. The van der Waals surface area contributed by atoms with E-state index >= 15 is 0 Å².